The second kappa shape index (κ2) is 8.79. The zero-order chi connectivity index (χ0) is 23.9. The Bertz CT molecular complexity index is 1180. The van der Waals surface area contributed by atoms with E-state index >= 15 is 0 Å². The second-order valence-corrected chi connectivity index (χ2v) is 9.66. The summed E-state index contributed by atoms with van der Waals surface area (Å²) in [5, 5.41) is 18.2. The van der Waals surface area contributed by atoms with Gasteiger partial charge in [0.1, 0.15) is 5.75 Å². The summed E-state index contributed by atoms with van der Waals surface area (Å²) in [6.45, 7) is 7.50. The molecular formula is C23H30FN9O. The molecule has 10 nitrogen and oxygen atoms in total. The van der Waals surface area contributed by atoms with E-state index in [1.165, 1.54) is 19.0 Å². The smallest absolute Gasteiger partial charge is 0.229 e. The van der Waals surface area contributed by atoms with Crippen molar-refractivity contribution in [3.63, 3.8) is 0 Å². The molecule has 2 aliphatic rings. The highest BCUT2D eigenvalue weighted by molar-refractivity contribution is 5.62. The van der Waals surface area contributed by atoms with Crippen LogP contribution < -0.4 is 15.4 Å². The van der Waals surface area contributed by atoms with Crippen molar-refractivity contribution in [1.82, 2.24) is 35.1 Å². The number of hydrogen-bond acceptors (Lipinski definition) is 9. The fraction of sp³-hybridized carbons (Fsp3) is 0.522. The fourth-order valence-electron chi connectivity index (χ4n) is 5.34. The van der Waals surface area contributed by atoms with Gasteiger partial charge in [0, 0.05) is 35.4 Å². The standard InChI is InChI=1S/C23H30FN9O/c1-14-29-30-31-33(14)18-8-15(10-19(11-18)34-4)27-22-25-13-20(24)21(28-22)26-16-9-17-6-5-7-32(17)23(2,3)12-16/h8,10-11,13,16-17H,5-7,9,12H2,1-4H3,(H2,25,26,27,28)/t16-,17+/m0/s1. The van der Waals surface area contributed by atoms with E-state index in [4.69, 9.17) is 4.74 Å². The Balaban J connectivity index is 1.37. The average molecular weight is 468 g/mol. The van der Waals surface area contributed by atoms with Crippen LogP contribution in [0, 0.1) is 12.7 Å². The summed E-state index contributed by atoms with van der Waals surface area (Å²) in [6.07, 6.45) is 5.53. The minimum absolute atomic E-state index is 0.0764. The molecule has 2 N–H and O–H groups in total. The van der Waals surface area contributed by atoms with Crippen LogP contribution >= 0.6 is 0 Å². The van der Waals surface area contributed by atoms with E-state index in [-0.39, 0.29) is 23.3 Å². The van der Waals surface area contributed by atoms with E-state index in [1.54, 1.807) is 17.9 Å². The van der Waals surface area contributed by atoms with Crippen LogP contribution in [0.4, 0.5) is 21.8 Å². The van der Waals surface area contributed by atoms with Gasteiger partial charge in [0.25, 0.3) is 0 Å². The van der Waals surface area contributed by atoms with E-state index in [1.807, 2.05) is 19.1 Å². The highest BCUT2D eigenvalue weighted by atomic mass is 19.1. The highest BCUT2D eigenvalue weighted by Gasteiger charge is 2.43. The lowest BCUT2D eigenvalue weighted by Crippen LogP contribution is -2.55. The van der Waals surface area contributed by atoms with Gasteiger partial charge in [-0.05, 0) is 69.5 Å². The molecule has 11 heteroatoms. The van der Waals surface area contributed by atoms with Gasteiger partial charge in [0.05, 0.1) is 19.0 Å². The summed E-state index contributed by atoms with van der Waals surface area (Å²) in [5.74, 6) is 1.28. The van der Waals surface area contributed by atoms with Crippen molar-refractivity contribution in [2.75, 3.05) is 24.3 Å². The van der Waals surface area contributed by atoms with Gasteiger partial charge in [-0.1, -0.05) is 0 Å². The number of benzene rings is 1. The summed E-state index contributed by atoms with van der Waals surface area (Å²) in [7, 11) is 1.59. The molecule has 1 aromatic carbocycles. The number of ether oxygens (including phenoxy) is 1. The van der Waals surface area contributed by atoms with Crippen LogP contribution in [-0.4, -0.2) is 66.4 Å². The molecule has 0 saturated carbocycles. The third kappa shape index (κ3) is 4.39. The van der Waals surface area contributed by atoms with Crippen LogP contribution in [0.25, 0.3) is 5.69 Å². The first-order valence-electron chi connectivity index (χ1n) is 11.6. The molecule has 4 heterocycles. The van der Waals surface area contributed by atoms with Gasteiger partial charge in [-0.15, -0.1) is 5.10 Å². The molecular weight excluding hydrogens is 437 g/mol. The van der Waals surface area contributed by atoms with Crippen molar-refractivity contribution in [2.45, 2.75) is 64.1 Å². The summed E-state index contributed by atoms with van der Waals surface area (Å²) < 4.78 is 21.7. The van der Waals surface area contributed by atoms with Gasteiger partial charge in [0.15, 0.2) is 17.5 Å². The van der Waals surface area contributed by atoms with Crippen LogP contribution in [0.2, 0.25) is 0 Å². The Labute approximate surface area is 197 Å². The number of fused-ring (bicyclic) bond motifs is 1. The molecule has 34 heavy (non-hydrogen) atoms. The van der Waals surface area contributed by atoms with Crippen LogP contribution in [0.15, 0.2) is 24.4 Å². The number of nitrogens with zero attached hydrogens (tertiary/aromatic N) is 7. The van der Waals surface area contributed by atoms with Crippen LogP contribution in [-0.2, 0) is 0 Å². The van der Waals surface area contributed by atoms with Crippen molar-refractivity contribution in [3.05, 3.63) is 36.0 Å². The van der Waals surface area contributed by atoms with E-state index in [0.717, 1.165) is 25.1 Å². The topological polar surface area (TPSA) is 106 Å². The molecule has 0 unspecified atom stereocenters. The van der Waals surface area contributed by atoms with Crippen LogP contribution in [0.5, 0.6) is 5.75 Å². The molecule has 2 aliphatic heterocycles. The highest BCUT2D eigenvalue weighted by Crippen LogP contribution is 2.38. The molecule has 2 saturated heterocycles. The second-order valence-electron chi connectivity index (χ2n) is 9.66. The minimum Gasteiger partial charge on any atom is -0.497 e. The third-order valence-corrected chi connectivity index (χ3v) is 6.80. The lowest BCUT2D eigenvalue weighted by atomic mass is 9.84. The van der Waals surface area contributed by atoms with Gasteiger partial charge >= 0.3 is 0 Å². The number of hydrogen-bond donors (Lipinski definition) is 2. The molecule has 0 aliphatic carbocycles. The zero-order valence-corrected chi connectivity index (χ0v) is 19.9. The fourth-order valence-corrected chi connectivity index (χ4v) is 5.34. The number of nitrogens with one attached hydrogen (secondary N) is 2. The molecule has 0 bridgehead atoms. The number of halogens is 1. The number of aryl methyl sites for hydroxylation is 1. The Kier molecular flexibility index (Phi) is 5.80. The zero-order valence-electron chi connectivity index (χ0n) is 19.9. The number of aromatic nitrogens is 6. The molecule has 2 atom stereocenters. The summed E-state index contributed by atoms with van der Waals surface area (Å²) in [4.78, 5) is 11.2. The van der Waals surface area contributed by atoms with E-state index in [9.17, 15) is 4.39 Å². The van der Waals surface area contributed by atoms with Gasteiger partial charge in [0.2, 0.25) is 5.95 Å². The van der Waals surface area contributed by atoms with Crippen LogP contribution in [0.1, 0.15) is 45.4 Å². The molecule has 5 rings (SSSR count). The third-order valence-electron chi connectivity index (χ3n) is 6.80. The Morgan fingerprint density at radius 1 is 1.24 bits per heavy atom. The maximum Gasteiger partial charge on any atom is 0.229 e. The number of rotatable bonds is 6. The van der Waals surface area contributed by atoms with Crippen molar-refractivity contribution in [3.8, 4) is 11.4 Å². The molecule has 180 valence electrons. The Morgan fingerprint density at radius 2 is 2.09 bits per heavy atom. The quantitative estimate of drug-likeness (QED) is 0.564. The molecule has 0 amide bonds. The molecule has 3 aromatic rings. The first-order chi connectivity index (χ1) is 16.3. The predicted octanol–water partition coefficient (Wildman–Crippen LogP) is 3.47. The van der Waals surface area contributed by atoms with Gasteiger partial charge < -0.3 is 15.4 Å². The summed E-state index contributed by atoms with van der Waals surface area (Å²) >= 11 is 0. The molecule has 2 aromatic heterocycles. The average Bonchev–Trinajstić information content (AvgIpc) is 3.45. The number of methoxy groups -OCH3 is 1. The first kappa shape index (κ1) is 22.5. The Morgan fingerprint density at radius 3 is 2.85 bits per heavy atom. The van der Waals surface area contributed by atoms with Crippen LogP contribution in [0.3, 0.4) is 0 Å². The number of tetrazole rings is 1. The molecule has 0 spiro atoms. The monoisotopic (exact) mass is 467 g/mol. The first-order valence-corrected chi connectivity index (χ1v) is 11.6. The normalized spacial score (nSPS) is 21.8. The van der Waals surface area contributed by atoms with E-state index < -0.39 is 5.82 Å². The summed E-state index contributed by atoms with van der Waals surface area (Å²) in [6, 6.07) is 6.17. The van der Waals surface area contributed by atoms with Crippen molar-refractivity contribution < 1.29 is 9.13 Å². The van der Waals surface area contributed by atoms with Gasteiger partial charge in [-0.3, -0.25) is 4.90 Å². The molecule has 2 fully saturated rings. The molecule has 0 radical (unpaired) electrons. The number of piperidine rings is 1. The lowest BCUT2D eigenvalue weighted by Gasteiger charge is -2.47. The Hall–Kier alpha value is -3.34. The largest absolute Gasteiger partial charge is 0.497 e. The maximum absolute atomic E-state index is 14.7. The lowest BCUT2D eigenvalue weighted by molar-refractivity contribution is 0.0500. The minimum atomic E-state index is -0.465. The van der Waals surface area contributed by atoms with Crippen molar-refractivity contribution in [1.29, 1.82) is 0 Å². The van der Waals surface area contributed by atoms with E-state index in [2.05, 4.69) is 54.9 Å². The van der Waals surface area contributed by atoms with Gasteiger partial charge in [-0.25, -0.2) is 9.37 Å². The van der Waals surface area contributed by atoms with E-state index in [0.29, 0.717) is 23.3 Å². The van der Waals surface area contributed by atoms with Gasteiger partial charge in [-0.2, -0.15) is 9.67 Å². The van der Waals surface area contributed by atoms with Crippen molar-refractivity contribution in [2.24, 2.45) is 0 Å². The SMILES string of the molecule is COc1cc(Nc2ncc(F)c(N[C@H]3C[C@H]4CCCN4C(C)(C)C3)n2)cc(-n2nnnc2C)c1. The maximum atomic E-state index is 14.7. The number of anilines is 3. The predicted molar refractivity (Wildman–Crippen MR) is 126 cm³/mol. The summed E-state index contributed by atoms with van der Waals surface area (Å²) in [5.41, 5.74) is 1.46. The van der Waals surface area contributed by atoms with Crippen molar-refractivity contribution >= 4 is 17.5 Å².